The lowest BCUT2D eigenvalue weighted by molar-refractivity contribution is -0.274. The van der Waals surface area contributed by atoms with Gasteiger partial charge in [0.2, 0.25) is 5.91 Å². The molecular formula is C29H23Cl2F8N3O5. The molecule has 0 aliphatic heterocycles. The van der Waals surface area contributed by atoms with Crippen LogP contribution in [0.15, 0.2) is 54.6 Å². The van der Waals surface area contributed by atoms with E-state index in [2.05, 4.69) is 20.7 Å². The number of hydrogen-bond donors (Lipinski definition) is 3. The highest BCUT2D eigenvalue weighted by atomic mass is 35.5. The van der Waals surface area contributed by atoms with Crippen LogP contribution in [0.25, 0.3) is 0 Å². The first-order chi connectivity index (χ1) is 21.7. The van der Waals surface area contributed by atoms with Crippen molar-refractivity contribution in [3.05, 3.63) is 81.3 Å². The second-order valence-electron chi connectivity index (χ2n) is 10.1. The van der Waals surface area contributed by atoms with Crippen LogP contribution in [-0.2, 0) is 11.3 Å². The largest absolute Gasteiger partial charge is 0.573 e. The molecule has 0 saturated carbocycles. The van der Waals surface area contributed by atoms with Crippen molar-refractivity contribution in [2.75, 3.05) is 17.2 Å². The van der Waals surface area contributed by atoms with E-state index in [0.29, 0.717) is 13.8 Å². The number of hydrogen-bond acceptors (Lipinski definition) is 5. The Morgan fingerprint density at radius 2 is 1.34 bits per heavy atom. The first-order valence-corrected chi connectivity index (χ1v) is 13.8. The zero-order valence-corrected chi connectivity index (χ0v) is 25.5. The molecule has 0 unspecified atom stereocenters. The summed E-state index contributed by atoms with van der Waals surface area (Å²) < 4.78 is 112. The topological polar surface area (TPSA) is 106 Å². The summed E-state index contributed by atoms with van der Waals surface area (Å²) in [4.78, 5) is 38.3. The molecule has 0 radical (unpaired) electrons. The second-order valence-corrected chi connectivity index (χ2v) is 10.9. The Labute approximate surface area is 271 Å². The van der Waals surface area contributed by atoms with E-state index in [1.54, 1.807) is 0 Å². The summed E-state index contributed by atoms with van der Waals surface area (Å²) >= 11 is 12.0. The SMILES string of the molecule is CC(C)(C(=O)NCc1ccc(Cl)c(C(=O)Nc2ccc(OCC(F)F)c(C(=O)Nc3ccc(OC(F)(F)F)c(Cl)c3)c2)c1)C(F)(F)F. The lowest BCUT2D eigenvalue weighted by atomic mass is 9.91. The fourth-order valence-corrected chi connectivity index (χ4v) is 4.06. The van der Waals surface area contributed by atoms with Gasteiger partial charge in [-0.05, 0) is 67.9 Å². The fraction of sp³-hybridized carbons (Fsp3) is 0.276. The van der Waals surface area contributed by atoms with E-state index in [1.807, 2.05) is 0 Å². The summed E-state index contributed by atoms with van der Waals surface area (Å²) in [6.45, 7) is -0.0798. The molecule has 3 rings (SSSR count). The van der Waals surface area contributed by atoms with Gasteiger partial charge in [0.1, 0.15) is 23.5 Å². The fourth-order valence-electron chi connectivity index (χ4n) is 3.64. The Kier molecular flexibility index (Phi) is 11.6. The van der Waals surface area contributed by atoms with Crippen LogP contribution in [0.5, 0.6) is 11.5 Å². The number of anilines is 2. The van der Waals surface area contributed by atoms with E-state index in [9.17, 15) is 49.5 Å². The van der Waals surface area contributed by atoms with Crippen LogP contribution in [0.4, 0.5) is 46.5 Å². The van der Waals surface area contributed by atoms with Gasteiger partial charge in [-0.2, -0.15) is 13.2 Å². The average Bonchev–Trinajstić information content (AvgIpc) is 2.95. The third-order valence-corrected chi connectivity index (χ3v) is 6.89. The Balaban J connectivity index is 1.83. The maximum absolute atomic E-state index is 13.2. The van der Waals surface area contributed by atoms with Crippen LogP contribution in [0.2, 0.25) is 10.0 Å². The van der Waals surface area contributed by atoms with E-state index in [0.717, 1.165) is 30.3 Å². The minimum absolute atomic E-state index is 0.0711. The van der Waals surface area contributed by atoms with Crippen molar-refractivity contribution in [2.24, 2.45) is 5.41 Å². The lowest BCUT2D eigenvalue weighted by Gasteiger charge is -2.26. The van der Waals surface area contributed by atoms with Crippen LogP contribution in [0.1, 0.15) is 40.1 Å². The van der Waals surface area contributed by atoms with Gasteiger partial charge in [-0.15, -0.1) is 13.2 Å². The zero-order valence-electron chi connectivity index (χ0n) is 24.0. The molecule has 47 heavy (non-hydrogen) atoms. The first-order valence-electron chi connectivity index (χ1n) is 13.0. The molecule has 3 aromatic rings. The summed E-state index contributed by atoms with van der Waals surface area (Å²) in [5, 5.41) is 6.31. The molecule has 254 valence electrons. The molecule has 0 atom stereocenters. The molecule has 0 bridgehead atoms. The van der Waals surface area contributed by atoms with E-state index < -0.39 is 59.5 Å². The van der Waals surface area contributed by atoms with Crippen molar-refractivity contribution in [2.45, 2.75) is 39.4 Å². The van der Waals surface area contributed by atoms with Crippen molar-refractivity contribution in [1.29, 1.82) is 0 Å². The summed E-state index contributed by atoms with van der Waals surface area (Å²) in [5.41, 5.74) is -3.21. The standard InChI is InChI=1S/C29H23Cl2F8N3O5/c1-27(2,28(34,35)36)26(45)40-12-14-3-6-19(30)17(9-14)24(43)41-15-4-7-21(46-13-23(32)33)18(10-15)25(44)42-16-5-8-22(20(31)11-16)47-29(37,38)39/h3-11,23H,12-13H2,1-2H3,(H,40,45)(H,41,43)(H,42,44). The molecule has 0 saturated heterocycles. The number of carbonyl (C=O) groups is 3. The smallest absolute Gasteiger partial charge is 0.487 e. The van der Waals surface area contributed by atoms with Crippen molar-refractivity contribution < 1.29 is 59.0 Å². The minimum Gasteiger partial charge on any atom is -0.487 e. The highest BCUT2D eigenvalue weighted by molar-refractivity contribution is 6.34. The number of nitrogens with one attached hydrogen (secondary N) is 3. The summed E-state index contributed by atoms with van der Waals surface area (Å²) in [6.07, 6.45) is -12.8. The van der Waals surface area contributed by atoms with Gasteiger partial charge in [-0.3, -0.25) is 14.4 Å². The Morgan fingerprint density at radius 3 is 1.89 bits per heavy atom. The van der Waals surface area contributed by atoms with Gasteiger partial charge in [-0.1, -0.05) is 29.3 Å². The molecule has 0 heterocycles. The number of carbonyl (C=O) groups excluding carboxylic acids is 3. The molecule has 3 N–H and O–H groups in total. The van der Waals surface area contributed by atoms with Crippen LogP contribution >= 0.6 is 23.2 Å². The van der Waals surface area contributed by atoms with Gasteiger partial charge in [0.05, 0.1) is 21.2 Å². The predicted molar refractivity (Wildman–Crippen MR) is 155 cm³/mol. The third kappa shape index (κ3) is 10.1. The quantitative estimate of drug-likeness (QED) is 0.174. The van der Waals surface area contributed by atoms with Crippen LogP contribution < -0.4 is 25.4 Å². The molecule has 8 nitrogen and oxygen atoms in total. The molecule has 18 heteroatoms. The number of halogens is 10. The van der Waals surface area contributed by atoms with Crippen molar-refractivity contribution in [3.8, 4) is 11.5 Å². The van der Waals surface area contributed by atoms with E-state index >= 15 is 0 Å². The van der Waals surface area contributed by atoms with Crippen LogP contribution in [-0.4, -0.2) is 43.3 Å². The average molecular weight is 716 g/mol. The number of benzene rings is 3. The van der Waals surface area contributed by atoms with Gasteiger partial charge < -0.3 is 25.4 Å². The van der Waals surface area contributed by atoms with E-state index in [4.69, 9.17) is 27.9 Å². The molecule has 0 aromatic heterocycles. The Bertz CT molecular complexity index is 1650. The summed E-state index contributed by atoms with van der Waals surface area (Å²) in [7, 11) is 0. The predicted octanol–water partition coefficient (Wildman–Crippen LogP) is 8.25. The summed E-state index contributed by atoms with van der Waals surface area (Å²) in [6, 6.07) is 9.98. The number of ether oxygens (including phenoxy) is 2. The maximum Gasteiger partial charge on any atom is 0.573 e. The van der Waals surface area contributed by atoms with Gasteiger partial charge in [-0.25, -0.2) is 8.78 Å². The molecular weight excluding hydrogens is 693 g/mol. The Hall–Kier alpha value is -4.31. The second kappa shape index (κ2) is 14.6. The monoisotopic (exact) mass is 715 g/mol. The molecule has 0 fully saturated rings. The number of amides is 3. The van der Waals surface area contributed by atoms with E-state index in [-0.39, 0.29) is 45.4 Å². The maximum atomic E-state index is 13.2. The zero-order chi connectivity index (χ0) is 35.3. The molecule has 3 amide bonds. The number of rotatable bonds is 11. The van der Waals surface area contributed by atoms with Crippen LogP contribution in [0.3, 0.4) is 0 Å². The number of alkyl halides is 8. The van der Waals surface area contributed by atoms with Gasteiger partial charge in [0, 0.05) is 17.9 Å². The molecule has 0 spiro atoms. The third-order valence-electron chi connectivity index (χ3n) is 6.27. The van der Waals surface area contributed by atoms with E-state index in [1.165, 1.54) is 24.3 Å². The first kappa shape index (κ1) is 37.2. The minimum atomic E-state index is -5.04. The van der Waals surface area contributed by atoms with Gasteiger partial charge >= 0.3 is 12.5 Å². The van der Waals surface area contributed by atoms with Crippen LogP contribution in [0, 0.1) is 5.41 Å². The highest BCUT2D eigenvalue weighted by Crippen LogP contribution is 2.38. The van der Waals surface area contributed by atoms with Crippen molar-refractivity contribution in [3.63, 3.8) is 0 Å². The highest BCUT2D eigenvalue weighted by Gasteiger charge is 2.52. The molecule has 0 aliphatic rings. The van der Waals surface area contributed by atoms with Crippen molar-refractivity contribution >= 4 is 52.3 Å². The lowest BCUT2D eigenvalue weighted by Crippen LogP contribution is -2.46. The van der Waals surface area contributed by atoms with Crippen molar-refractivity contribution in [1.82, 2.24) is 5.32 Å². The molecule has 3 aromatic carbocycles. The van der Waals surface area contributed by atoms with Gasteiger partial charge in [0.15, 0.2) is 0 Å². The molecule has 0 aliphatic carbocycles. The Morgan fingerprint density at radius 1 is 0.766 bits per heavy atom. The summed E-state index contributed by atoms with van der Waals surface area (Å²) in [5.74, 6) is -4.26. The normalized spacial score (nSPS) is 12.0. The van der Waals surface area contributed by atoms with Gasteiger partial charge in [0.25, 0.3) is 18.2 Å².